The molecule has 0 saturated carbocycles. The van der Waals surface area contributed by atoms with Crippen LogP contribution in [-0.2, 0) is 14.8 Å². The third-order valence-electron chi connectivity index (χ3n) is 5.82. The summed E-state index contributed by atoms with van der Waals surface area (Å²) in [6.45, 7) is 4.52. The summed E-state index contributed by atoms with van der Waals surface area (Å²) in [6, 6.07) is 18.8. The number of aromatic carboxylic acids is 1. The Hall–Kier alpha value is -3.97. The highest BCUT2D eigenvalue weighted by Gasteiger charge is 2.38. The number of carboxylic acid groups (broad SMARTS) is 2. The zero-order chi connectivity index (χ0) is 29.7. The summed E-state index contributed by atoms with van der Waals surface area (Å²) in [5.74, 6) is -3.88. The van der Waals surface area contributed by atoms with Gasteiger partial charge in [0.15, 0.2) is 0 Å². The maximum atomic E-state index is 13.0. The number of anilines is 3. The molecule has 214 valence electrons. The van der Waals surface area contributed by atoms with Crippen molar-refractivity contribution >= 4 is 50.6 Å². The number of aliphatic carboxylic acids is 1. The van der Waals surface area contributed by atoms with Crippen molar-refractivity contribution in [2.45, 2.75) is 18.0 Å². The number of piperazine rings is 1. The number of alkyl halides is 3. The molecule has 1 aliphatic heterocycles. The number of halogens is 4. The van der Waals surface area contributed by atoms with E-state index in [9.17, 15) is 31.5 Å². The molecule has 1 fully saturated rings. The van der Waals surface area contributed by atoms with Crippen LogP contribution in [-0.4, -0.2) is 62.9 Å². The predicted octanol–water partition coefficient (Wildman–Crippen LogP) is 5.11. The molecule has 40 heavy (non-hydrogen) atoms. The van der Waals surface area contributed by atoms with Crippen molar-refractivity contribution in [3.8, 4) is 0 Å². The molecule has 0 bridgehead atoms. The van der Waals surface area contributed by atoms with Crippen LogP contribution in [0.25, 0.3) is 0 Å². The summed E-state index contributed by atoms with van der Waals surface area (Å²) in [6.07, 6.45) is -5.08. The van der Waals surface area contributed by atoms with Gasteiger partial charge in [-0.05, 0) is 61.0 Å². The number of carboxylic acids is 2. The van der Waals surface area contributed by atoms with E-state index in [4.69, 9.17) is 21.5 Å². The fourth-order valence-electron chi connectivity index (χ4n) is 3.89. The second-order valence-corrected chi connectivity index (χ2v) is 10.8. The van der Waals surface area contributed by atoms with E-state index in [0.29, 0.717) is 36.9 Å². The highest BCUT2D eigenvalue weighted by atomic mass is 35.5. The van der Waals surface area contributed by atoms with Gasteiger partial charge in [0.1, 0.15) is 0 Å². The van der Waals surface area contributed by atoms with Crippen LogP contribution in [0.5, 0.6) is 0 Å². The largest absolute Gasteiger partial charge is 0.490 e. The quantitative estimate of drug-likeness (QED) is 0.357. The van der Waals surface area contributed by atoms with E-state index in [1.807, 2.05) is 37.3 Å². The molecular weight excluding hydrogens is 575 g/mol. The molecule has 0 aliphatic carbocycles. The van der Waals surface area contributed by atoms with E-state index in [1.165, 1.54) is 18.2 Å². The van der Waals surface area contributed by atoms with Gasteiger partial charge in [0.2, 0.25) is 0 Å². The maximum Gasteiger partial charge on any atom is 0.490 e. The summed E-state index contributed by atoms with van der Waals surface area (Å²) in [4.78, 5) is 24.8. The molecule has 0 spiro atoms. The molecule has 9 nitrogen and oxygen atoms in total. The van der Waals surface area contributed by atoms with Crippen molar-refractivity contribution in [2.75, 3.05) is 40.7 Å². The number of hydrogen-bond acceptors (Lipinski definition) is 6. The maximum absolute atomic E-state index is 13.0. The Morgan fingerprint density at radius 2 is 1.50 bits per heavy atom. The van der Waals surface area contributed by atoms with Gasteiger partial charge in [-0.2, -0.15) is 13.2 Å². The van der Waals surface area contributed by atoms with Gasteiger partial charge in [0.05, 0.1) is 21.8 Å². The lowest BCUT2D eigenvalue weighted by atomic mass is 10.1. The van der Waals surface area contributed by atoms with Crippen molar-refractivity contribution in [3.63, 3.8) is 0 Å². The lowest BCUT2D eigenvalue weighted by Crippen LogP contribution is -2.46. The number of sulfonamides is 1. The molecular formula is C26H25ClF3N3O6S. The predicted molar refractivity (Wildman–Crippen MR) is 145 cm³/mol. The van der Waals surface area contributed by atoms with Gasteiger partial charge in [-0.1, -0.05) is 29.8 Å². The molecule has 1 saturated heterocycles. The molecule has 3 N–H and O–H groups in total. The van der Waals surface area contributed by atoms with E-state index < -0.39 is 28.1 Å². The fourth-order valence-corrected chi connectivity index (χ4v) is 5.25. The van der Waals surface area contributed by atoms with E-state index >= 15 is 0 Å². The van der Waals surface area contributed by atoms with E-state index in [2.05, 4.69) is 14.5 Å². The minimum atomic E-state index is -5.08. The standard InChI is InChI=1S/C24H24ClN3O4S.C2HF3O2/c1-17-4-2-7-21(14-17)33(31,32)26-22-15-18(24(29)30)8-9-23(22)28-12-10-27(11-13-28)20-6-3-5-19(25)16-20;3-2(4,5)1(6)7/h2-9,14-16,26H,10-13H2,1H3,(H,29,30);(H,6,7). The minimum absolute atomic E-state index is 0.0123. The first-order chi connectivity index (χ1) is 18.7. The summed E-state index contributed by atoms with van der Waals surface area (Å²) in [5.41, 5.74) is 2.74. The molecule has 1 aliphatic rings. The van der Waals surface area contributed by atoms with Gasteiger partial charge in [-0.25, -0.2) is 18.0 Å². The van der Waals surface area contributed by atoms with Crippen LogP contribution in [0.4, 0.5) is 30.2 Å². The number of nitrogens with zero attached hydrogens (tertiary/aromatic N) is 2. The summed E-state index contributed by atoms with van der Waals surface area (Å²) >= 11 is 6.12. The fraction of sp³-hybridized carbons (Fsp3) is 0.231. The van der Waals surface area contributed by atoms with Gasteiger partial charge in [0.25, 0.3) is 10.0 Å². The molecule has 3 aromatic rings. The van der Waals surface area contributed by atoms with Gasteiger partial charge in [-0.3, -0.25) is 4.72 Å². The molecule has 1 heterocycles. The molecule has 0 radical (unpaired) electrons. The van der Waals surface area contributed by atoms with Crippen LogP contribution >= 0.6 is 11.6 Å². The monoisotopic (exact) mass is 599 g/mol. The van der Waals surface area contributed by atoms with E-state index in [1.54, 1.807) is 18.2 Å². The van der Waals surface area contributed by atoms with Crippen LogP contribution < -0.4 is 14.5 Å². The van der Waals surface area contributed by atoms with Crippen LogP contribution in [0, 0.1) is 6.92 Å². The minimum Gasteiger partial charge on any atom is -0.478 e. The number of aryl methyl sites for hydroxylation is 1. The van der Waals surface area contributed by atoms with Crippen molar-refractivity contribution in [2.24, 2.45) is 0 Å². The van der Waals surface area contributed by atoms with Crippen LogP contribution in [0.3, 0.4) is 0 Å². The van der Waals surface area contributed by atoms with Crippen LogP contribution in [0.15, 0.2) is 71.6 Å². The number of hydrogen-bond donors (Lipinski definition) is 3. The average Bonchev–Trinajstić information content (AvgIpc) is 2.88. The van der Waals surface area contributed by atoms with Crippen molar-refractivity contribution < 1.29 is 41.4 Å². The number of nitrogens with one attached hydrogen (secondary N) is 1. The van der Waals surface area contributed by atoms with Gasteiger partial charge in [-0.15, -0.1) is 0 Å². The van der Waals surface area contributed by atoms with Gasteiger partial charge in [0, 0.05) is 36.9 Å². The third-order valence-corrected chi connectivity index (χ3v) is 7.42. The Balaban J connectivity index is 0.000000559. The molecule has 0 amide bonds. The second kappa shape index (κ2) is 12.5. The summed E-state index contributed by atoms with van der Waals surface area (Å²) in [5, 5.41) is 17.2. The van der Waals surface area contributed by atoms with E-state index in [0.717, 1.165) is 11.3 Å². The Labute approximate surface area is 233 Å². The van der Waals surface area contributed by atoms with Crippen LogP contribution in [0.1, 0.15) is 15.9 Å². The normalized spacial score (nSPS) is 13.7. The third kappa shape index (κ3) is 8.02. The number of rotatable bonds is 6. The Morgan fingerprint density at radius 1 is 0.900 bits per heavy atom. The lowest BCUT2D eigenvalue weighted by molar-refractivity contribution is -0.192. The second-order valence-electron chi connectivity index (χ2n) is 8.72. The highest BCUT2D eigenvalue weighted by Crippen LogP contribution is 2.31. The lowest BCUT2D eigenvalue weighted by Gasteiger charge is -2.38. The Kier molecular flexibility index (Phi) is 9.53. The van der Waals surface area contributed by atoms with Crippen molar-refractivity contribution in [1.29, 1.82) is 0 Å². The van der Waals surface area contributed by atoms with Crippen molar-refractivity contribution in [1.82, 2.24) is 0 Å². The number of benzene rings is 3. The molecule has 4 rings (SSSR count). The van der Waals surface area contributed by atoms with Crippen molar-refractivity contribution in [3.05, 3.63) is 82.9 Å². The topological polar surface area (TPSA) is 127 Å². The Morgan fingerprint density at radius 3 is 2.05 bits per heavy atom. The Bertz CT molecular complexity index is 1490. The average molecular weight is 600 g/mol. The smallest absolute Gasteiger partial charge is 0.478 e. The zero-order valence-electron chi connectivity index (χ0n) is 21.0. The first-order valence-corrected chi connectivity index (χ1v) is 13.6. The first kappa shape index (κ1) is 30.6. The van der Waals surface area contributed by atoms with Gasteiger partial charge < -0.3 is 20.0 Å². The number of carbonyl (C=O) groups is 2. The SMILES string of the molecule is Cc1cccc(S(=O)(=O)Nc2cc(C(=O)O)ccc2N2CCN(c3cccc(Cl)c3)CC2)c1.O=C(O)C(F)(F)F. The first-order valence-electron chi connectivity index (χ1n) is 11.7. The van der Waals surface area contributed by atoms with Gasteiger partial charge >= 0.3 is 18.1 Å². The molecule has 0 aromatic heterocycles. The highest BCUT2D eigenvalue weighted by molar-refractivity contribution is 7.92. The summed E-state index contributed by atoms with van der Waals surface area (Å²) in [7, 11) is -3.89. The molecule has 0 atom stereocenters. The zero-order valence-corrected chi connectivity index (χ0v) is 22.6. The summed E-state index contributed by atoms with van der Waals surface area (Å²) < 4.78 is 60.4. The van der Waals surface area contributed by atoms with Crippen LogP contribution in [0.2, 0.25) is 5.02 Å². The molecule has 14 heteroatoms. The molecule has 0 unspecified atom stereocenters. The molecule has 3 aromatic carbocycles. The van der Waals surface area contributed by atoms with E-state index in [-0.39, 0.29) is 16.1 Å².